The van der Waals surface area contributed by atoms with E-state index in [9.17, 15) is 0 Å². The number of benzene rings is 1. The molecule has 2 heterocycles. The van der Waals surface area contributed by atoms with E-state index < -0.39 is 0 Å². The molecule has 21 heavy (non-hydrogen) atoms. The van der Waals surface area contributed by atoms with Gasteiger partial charge in [-0.1, -0.05) is 5.16 Å². The molecule has 3 rings (SSSR count). The van der Waals surface area contributed by atoms with E-state index in [-0.39, 0.29) is 0 Å². The maximum absolute atomic E-state index is 5.38. The van der Waals surface area contributed by atoms with Gasteiger partial charge in [0.05, 0.1) is 7.11 Å². The van der Waals surface area contributed by atoms with Crippen molar-refractivity contribution in [3.05, 3.63) is 29.7 Å². The lowest BCUT2D eigenvalue weighted by atomic mass is 10.1. The van der Waals surface area contributed by atoms with Crippen LogP contribution in [0, 0.1) is 6.92 Å². The maximum atomic E-state index is 5.38. The standard InChI is InChI=1S/C15H19N3O2S/c1-10-7-11(3-4-13(10)19-2)15-17-14(20-18-15)8-12-9-21-6-5-16-12/h3-4,7,12,16H,5-6,8-9H2,1-2H3. The molecular weight excluding hydrogens is 286 g/mol. The van der Waals surface area contributed by atoms with Crippen LogP contribution in [0.2, 0.25) is 0 Å². The average molecular weight is 305 g/mol. The second-order valence-corrected chi connectivity index (χ2v) is 6.28. The second kappa shape index (κ2) is 6.49. The van der Waals surface area contributed by atoms with Crippen molar-refractivity contribution in [1.29, 1.82) is 0 Å². The van der Waals surface area contributed by atoms with Crippen LogP contribution in [0.3, 0.4) is 0 Å². The van der Waals surface area contributed by atoms with Crippen molar-refractivity contribution in [3.8, 4) is 17.1 Å². The third-order valence-corrected chi connectivity index (χ3v) is 4.67. The number of hydrogen-bond acceptors (Lipinski definition) is 6. The zero-order valence-electron chi connectivity index (χ0n) is 12.3. The largest absolute Gasteiger partial charge is 0.496 e. The minimum absolute atomic E-state index is 0.426. The molecule has 2 aromatic rings. The highest BCUT2D eigenvalue weighted by molar-refractivity contribution is 7.99. The van der Waals surface area contributed by atoms with Gasteiger partial charge in [0, 0.05) is 36.1 Å². The number of rotatable bonds is 4. The summed E-state index contributed by atoms with van der Waals surface area (Å²) in [6.07, 6.45) is 0.787. The van der Waals surface area contributed by atoms with Crippen LogP contribution < -0.4 is 10.1 Å². The van der Waals surface area contributed by atoms with Gasteiger partial charge in [-0.15, -0.1) is 0 Å². The molecule has 1 aromatic carbocycles. The molecule has 1 aromatic heterocycles. The van der Waals surface area contributed by atoms with E-state index >= 15 is 0 Å². The Morgan fingerprint density at radius 2 is 2.38 bits per heavy atom. The fourth-order valence-electron chi connectivity index (χ4n) is 2.43. The monoisotopic (exact) mass is 305 g/mol. The fraction of sp³-hybridized carbons (Fsp3) is 0.467. The van der Waals surface area contributed by atoms with Crippen LogP contribution in [0.5, 0.6) is 5.75 Å². The number of thioether (sulfide) groups is 1. The van der Waals surface area contributed by atoms with Gasteiger partial charge >= 0.3 is 0 Å². The Balaban J connectivity index is 1.73. The highest BCUT2D eigenvalue weighted by Crippen LogP contribution is 2.24. The zero-order valence-corrected chi connectivity index (χ0v) is 13.1. The Labute approximate surface area is 128 Å². The van der Waals surface area contributed by atoms with Crippen molar-refractivity contribution in [3.63, 3.8) is 0 Å². The summed E-state index contributed by atoms with van der Waals surface area (Å²) in [5, 5.41) is 7.56. The van der Waals surface area contributed by atoms with E-state index in [1.54, 1.807) is 7.11 Å². The predicted molar refractivity (Wildman–Crippen MR) is 83.8 cm³/mol. The van der Waals surface area contributed by atoms with Crippen molar-refractivity contribution in [2.75, 3.05) is 25.2 Å². The van der Waals surface area contributed by atoms with E-state index in [0.717, 1.165) is 35.6 Å². The smallest absolute Gasteiger partial charge is 0.228 e. The third-order valence-electron chi connectivity index (χ3n) is 3.54. The van der Waals surface area contributed by atoms with E-state index in [2.05, 4.69) is 15.5 Å². The summed E-state index contributed by atoms with van der Waals surface area (Å²) in [6, 6.07) is 6.33. The van der Waals surface area contributed by atoms with Crippen LogP contribution in [0.1, 0.15) is 11.5 Å². The minimum Gasteiger partial charge on any atom is -0.496 e. The van der Waals surface area contributed by atoms with Crippen molar-refractivity contribution in [2.45, 2.75) is 19.4 Å². The van der Waals surface area contributed by atoms with Gasteiger partial charge in [-0.3, -0.25) is 0 Å². The molecule has 1 aliphatic heterocycles. The molecular formula is C15H19N3O2S. The first-order valence-electron chi connectivity index (χ1n) is 7.05. The van der Waals surface area contributed by atoms with Crippen molar-refractivity contribution >= 4 is 11.8 Å². The summed E-state index contributed by atoms with van der Waals surface area (Å²) in [5.41, 5.74) is 2.01. The van der Waals surface area contributed by atoms with Crippen LogP contribution in [0.4, 0.5) is 0 Å². The Bertz CT molecular complexity index is 609. The summed E-state index contributed by atoms with van der Waals surface area (Å²) in [5.74, 6) is 4.47. The number of aromatic nitrogens is 2. The van der Waals surface area contributed by atoms with Crippen molar-refractivity contribution in [1.82, 2.24) is 15.5 Å². The van der Waals surface area contributed by atoms with Gasteiger partial charge in [-0.25, -0.2) is 0 Å². The molecule has 1 fully saturated rings. The quantitative estimate of drug-likeness (QED) is 0.935. The lowest BCUT2D eigenvalue weighted by Crippen LogP contribution is -2.38. The highest BCUT2D eigenvalue weighted by Gasteiger charge is 2.17. The molecule has 1 unspecified atom stereocenters. The molecule has 0 bridgehead atoms. The summed E-state index contributed by atoms with van der Waals surface area (Å²) < 4.78 is 10.6. The molecule has 0 spiro atoms. The van der Waals surface area contributed by atoms with Gasteiger partial charge in [0.25, 0.3) is 0 Å². The lowest BCUT2D eigenvalue weighted by Gasteiger charge is -2.21. The molecule has 112 valence electrons. The molecule has 6 heteroatoms. The van der Waals surface area contributed by atoms with Gasteiger partial charge in [-0.05, 0) is 30.7 Å². The van der Waals surface area contributed by atoms with E-state index in [1.165, 1.54) is 5.75 Å². The Hall–Kier alpha value is -1.53. The van der Waals surface area contributed by atoms with Crippen LogP contribution in [0.15, 0.2) is 22.7 Å². The average Bonchev–Trinajstić information content (AvgIpc) is 2.97. The maximum Gasteiger partial charge on any atom is 0.228 e. The van der Waals surface area contributed by atoms with Crippen LogP contribution >= 0.6 is 11.8 Å². The zero-order chi connectivity index (χ0) is 14.7. The first-order chi connectivity index (χ1) is 10.3. The van der Waals surface area contributed by atoms with Crippen molar-refractivity contribution in [2.24, 2.45) is 0 Å². The molecule has 1 saturated heterocycles. The highest BCUT2D eigenvalue weighted by atomic mass is 32.2. The van der Waals surface area contributed by atoms with E-state index in [0.29, 0.717) is 17.8 Å². The first kappa shape index (κ1) is 14.4. The minimum atomic E-state index is 0.426. The number of nitrogens with one attached hydrogen (secondary N) is 1. The van der Waals surface area contributed by atoms with Gasteiger partial charge in [0.1, 0.15) is 5.75 Å². The number of hydrogen-bond donors (Lipinski definition) is 1. The second-order valence-electron chi connectivity index (χ2n) is 5.13. The topological polar surface area (TPSA) is 60.2 Å². The number of methoxy groups -OCH3 is 1. The first-order valence-corrected chi connectivity index (χ1v) is 8.20. The summed E-state index contributed by atoms with van der Waals surface area (Å²) in [7, 11) is 1.67. The molecule has 5 nitrogen and oxygen atoms in total. The summed E-state index contributed by atoms with van der Waals surface area (Å²) >= 11 is 1.97. The summed E-state index contributed by atoms with van der Waals surface area (Å²) in [4.78, 5) is 4.50. The Morgan fingerprint density at radius 3 is 3.10 bits per heavy atom. The fourth-order valence-corrected chi connectivity index (χ4v) is 3.38. The molecule has 0 amide bonds. The molecule has 1 atom stereocenters. The molecule has 1 aliphatic rings. The SMILES string of the molecule is COc1ccc(-c2noc(CC3CSCCN3)n2)cc1C. The molecule has 0 radical (unpaired) electrons. The van der Waals surface area contributed by atoms with Gasteiger partial charge in [0.2, 0.25) is 11.7 Å². The van der Waals surface area contributed by atoms with Gasteiger partial charge < -0.3 is 14.6 Å². The normalized spacial score (nSPS) is 18.7. The van der Waals surface area contributed by atoms with Crippen LogP contribution in [-0.4, -0.2) is 41.3 Å². The molecule has 0 aliphatic carbocycles. The van der Waals surface area contributed by atoms with E-state index in [4.69, 9.17) is 9.26 Å². The molecule has 0 saturated carbocycles. The number of aryl methyl sites for hydroxylation is 1. The third kappa shape index (κ3) is 3.39. The predicted octanol–water partition coefficient (Wildman–Crippen LogP) is 2.30. The van der Waals surface area contributed by atoms with Crippen LogP contribution in [-0.2, 0) is 6.42 Å². The lowest BCUT2D eigenvalue weighted by molar-refractivity contribution is 0.363. The molecule has 1 N–H and O–H groups in total. The van der Waals surface area contributed by atoms with Gasteiger partial charge in [0.15, 0.2) is 0 Å². The van der Waals surface area contributed by atoms with Gasteiger partial charge in [-0.2, -0.15) is 16.7 Å². The Morgan fingerprint density at radius 1 is 1.48 bits per heavy atom. The van der Waals surface area contributed by atoms with Crippen molar-refractivity contribution < 1.29 is 9.26 Å². The Kier molecular flexibility index (Phi) is 4.45. The number of ether oxygens (including phenoxy) is 1. The van der Waals surface area contributed by atoms with E-state index in [1.807, 2.05) is 36.9 Å². The number of nitrogens with zero attached hydrogens (tertiary/aromatic N) is 2. The summed E-state index contributed by atoms with van der Waals surface area (Å²) in [6.45, 7) is 3.06. The van der Waals surface area contributed by atoms with Crippen LogP contribution in [0.25, 0.3) is 11.4 Å².